The molecule has 4 nitrogen and oxygen atoms in total. The van der Waals surface area contributed by atoms with Crippen molar-refractivity contribution in [3.8, 4) is 0 Å². The van der Waals surface area contributed by atoms with Crippen LogP contribution >= 0.6 is 0 Å². The van der Waals surface area contributed by atoms with E-state index in [0.29, 0.717) is 29.8 Å². The van der Waals surface area contributed by atoms with Crippen LogP contribution in [0.4, 0.5) is 0 Å². The minimum absolute atomic E-state index is 0.0373. The molecule has 2 aliphatic heterocycles. The number of allylic oxidation sites excluding steroid dienone is 1. The molecule has 4 heteroatoms. The predicted octanol–water partition coefficient (Wildman–Crippen LogP) is 6.73. The SMILES string of the molecule is CCCCC(=O)C[C@H]1CC[C@@H]2[C@H](CC3=C(C)C[C@]4(CC[C@H]32)O[C@@H]2C[C@H](C)CN(CCN(C)C)[C@H]2[C@H]4C)C1. The number of nitrogens with zero attached hydrogens (tertiary/aromatic N) is 2. The molecule has 37 heavy (non-hydrogen) atoms. The average molecular weight is 513 g/mol. The van der Waals surface area contributed by atoms with Crippen LogP contribution in [0.25, 0.3) is 0 Å². The lowest BCUT2D eigenvalue weighted by atomic mass is 9.70. The van der Waals surface area contributed by atoms with Gasteiger partial charge in [-0.25, -0.2) is 0 Å². The molecule has 210 valence electrons. The van der Waals surface area contributed by atoms with Gasteiger partial charge in [-0.1, -0.05) is 38.3 Å². The minimum Gasteiger partial charge on any atom is -0.369 e. The summed E-state index contributed by atoms with van der Waals surface area (Å²) in [6.07, 6.45) is 14.5. The first-order valence-corrected chi connectivity index (χ1v) is 16.0. The molecule has 0 N–H and O–H groups in total. The minimum atomic E-state index is 0.0373. The summed E-state index contributed by atoms with van der Waals surface area (Å²) in [7, 11) is 4.40. The van der Waals surface area contributed by atoms with Gasteiger partial charge in [-0.3, -0.25) is 9.69 Å². The Hall–Kier alpha value is -0.710. The van der Waals surface area contributed by atoms with Crippen LogP contribution in [0, 0.1) is 35.5 Å². The molecule has 0 aromatic rings. The summed E-state index contributed by atoms with van der Waals surface area (Å²) in [5.41, 5.74) is 3.52. The number of likely N-dealkylation sites (tertiary alicyclic amines) is 1. The smallest absolute Gasteiger partial charge is 0.133 e. The highest BCUT2D eigenvalue weighted by molar-refractivity contribution is 5.78. The fourth-order valence-corrected chi connectivity index (χ4v) is 9.66. The van der Waals surface area contributed by atoms with Gasteiger partial charge in [0.15, 0.2) is 0 Å². The Labute approximate surface area is 227 Å². The van der Waals surface area contributed by atoms with Gasteiger partial charge in [0, 0.05) is 44.4 Å². The van der Waals surface area contributed by atoms with Crippen molar-refractivity contribution in [2.75, 3.05) is 33.7 Å². The second-order valence-corrected chi connectivity index (χ2v) is 14.4. The van der Waals surface area contributed by atoms with E-state index in [1.807, 2.05) is 5.57 Å². The van der Waals surface area contributed by atoms with E-state index < -0.39 is 0 Å². The first-order chi connectivity index (χ1) is 17.7. The van der Waals surface area contributed by atoms with E-state index in [9.17, 15) is 4.79 Å². The van der Waals surface area contributed by atoms with Gasteiger partial charge in [-0.2, -0.15) is 0 Å². The molecule has 5 aliphatic rings. The van der Waals surface area contributed by atoms with Crippen molar-refractivity contribution in [3.05, 3.63) is 11.1 Å². The number of rotatable bonds is 8. The standard InChI is InChI=1S/C33H56N2O2/c1-7-8-9-27(36)18-25-10-11-28-26(17-25)19-30-23(3)20-33(13-12-29(28)30)24(4)32-31(37-33)16-22(2)21-35(32)15-14-34(5)6/h22,24-26,28-29,31-32H,7-21H2,1-6H3/t22-,24+,25-,26-,28+,29-,31+,32-,33-/m0/s1. The number of piperidine rings is 1. The first-order valence-electron chi connectivity index (χ1n) is 16.0. The van der Waals surface area contributed by atoms with Crippen LogP contribution in [-0.2, 0) is 9.53 Å². The summed E-state index contributed by atoms with van der Waals surface area (Å²) in [6.45, 7) is 13.1. The third kappa shape index (κ3) is 5.64. The lowest BCUT2D eigenvalue weighted by molar-refractivity contribution is -0.120. The molecule has 0 amide bonds. The van der Waals surface area contributed by atoms with E-state index in [1.165, 1.54) is 51.5 Å². The zero-order valence-corrected chi connectivity index (χ0v) is 24.9. The maximum atomic E-state index is 12.5. The van der Waals surface area contributed by atoms with Crippen LogP contribution < -0.4 is 0 Å². The van der Waals surface area contributed by atoms with Gasteiger partial charge in [0.1, 0.15) is 5.78 Å². The Morgan fingerprint density at radius 1 is 1.16 bits per heavy atom. The number of likely N-dealkylation sites (N-methyl/N-ethyl adjacent to an activating group) is 1. The number of fused-ring (bicyclic) bond motifs is 4. The number of ether oxygens (including phenoxy) is 1. The highest BCUT2D eigenvalue weighted by Crippen LogP contribution is 2.58. The van der Waals surface area contributed by atoms with E-state index in [1.54, 1.807) is 5.57 Å². The molecular formula is C33H56N2O2. The summed E-state index contributed by atoms with van der Waals surface area (Å²) < 4.78 is 7.23. The third-order valence-corrected chi connectivity index (χ3v) is 11.5. The number of carbonyl (C=O) groups is 1. The van der Waals surface area contributed by atoms with E-state index in [0.717, 1.165) is 68.9 Å². The molecule has 0 bridgehead atoms. The predicted molar refractivity (Wildman–Crippen MR) is 153 cm³/mol. The quantitative estimate of drug-likeness (QED) is 0.337. The lowest BCUT2D eigenvalue weighted by Crippen LogP contribution is -2.53. The molecule has 3 aliphatic carbocycles. The van der Waals surface area contributed by atoms with Gasteiger partial charge in [-0.15, -0.1) is 0 Å². The van der Waals surface area contributed by atoms with Crippen molar-refractivity contribution >= 4 is 5.78 Å². The number of hydrogen-bond donors (Lipinski definition) is 0. The molecule has 5 rings (SSSR count). The van der Waals surface area contributed by atoms with Crippen molar-refractivity contribution in [1.29, 1.82) is 0 Å². The zero-order valence-electron chi connectivity index (χ0n) is 24.9. The van der Waals surface area contributed by atoms with Gasteiger partial charge in [0.25, 0.3) is 0 Å². The molecular weight excluding hydrogens is 456 g/mol. The topological polar surface area (TPSA) is 32.8 Å². The van der Waals surface area contributed by atoms with Crippen molar-refractivity contribution in [2.24, 2.45) is 35.5 Å². The molecule has 2 saturated carbocycles. The number of ketones is 1. The maximum absolute atomic E-state index is 12.5. The van der Waals surface area contributed by atoms with Crippen LogP contribution in [-0.4, -0.2) is 67.1 Å². The molecule has 9 atom stereocenters. The highest BCUT2D eigenvalue weighted by atomic mass is 16.5. The van der Waals surface area contributed by atoms with Crippen LogP contribution in [0.5, 0.6) is 0 Å². The van der Waals surface area contributed by atoms with Crippen molar-refractivity contribution < 1.29 is 9.53 Å². The third-order valence-electron chi connectivity index (χ3n) is 11.5. The Balaban J connectivity index is 1.27. The van der Waals surface area contributed by atoms with Gasteiger partial charge >= 0.3 is 0 Å². The Kier molecular flexibility index (Phi) is 8.59. The number of unbranched alkanes of at least 4 members (excludes halogenated alkanes) is 1. The molecule has 4 fully saturated rings. The summed E-state index contributed by atoms with van der Waals surface area (Å²) in [4.78, 5) is 17.6. The number of hydrogen-bond acceptors (Lipinski definition) is 4. The van der Waals surface area contributed by atoms with Gasteiger partial charge in [0.05, 0.1) is 11.7 Å². The molecule has 2 heterocycles. The maximum Gasteiger partial charge on any atom is 0.133 e. The van der Waals surface area contributed by atoms with E-state index in [2.05, 4.69) is 51.6 Å². The van der Waals surface area contributed by atoms with Gasteiger partial charge < -0.3 is 9.64 Å². The first kappa shape index (κ1) is 27.8. The van der Waals surface area contributed by atoms with Crippen LogP contribution in [0.1, 0.15) is 105 Å². The molecule has 2 saturated heterocycles. The zero-order chi connectivity index (χ0) is 26.3. The normalized spacial score (nSPS) is 42.1. The van der Waals surface area contributed by atoms with Gasteiger partial charge in [-0.05, 0) is 108 Å². The summed E-state index contributed by atoms with van der Waals surface area (Å²) >= 11 is 0. The van der Waals surface area contributed by atoms with Crippen LogP contribution in [0.3, 0.4) is 0 Å². The van der Waals surface area contributed by atoms with E-state index >= 15 is 0 Å². The van der Waals surface area contributed by atoms with E-state index in [-0.39, 0.29) is 5.60 Å². The molecule has 0 unspecified atom stereocenters. The second kappa shape index (κ2) is 11.4. The van der Waals surface area contributed by atoms with Crippen molar-refractivity contribution in [2.45, 2.75) is 122 Å². The molecule has 0 radical (unpaired) electrons. The average Bonchev–Trinajstić information content (AvgIpc) is 3.29. The molecule has 0 aromatic carbocycles. The summed E-state index contributed by atoms with van der Waals surface area (Å²) in [5, 5.41) is 0. The van der Waals surface area contributed by atoms with E-state index in [4.69, 9.17) is 4.74 Å². The van der Waals surface area contributed by atoms with Crippen LogP contribution in [0.15, 0.2) is 11.1 Å². The molecule has 0 aromatic heterocycles. The monoisotopic (exact) mass is 512 g/mol. The fourth-order valence-electron chi connectivity index (χ4n) is 9.66. The fraction of sp³-hybridized carbons (Fsp3) is 0.909. The van der Waals surface area contributed by atoms with Gasteiger partial charge in [0.2, 0.25) is 0 Å². The lowest BCUT2D eigenvalue weighted by Gasteiger charge is -2.42. The van der Waals surface area contributed by atoms with Crippen molar-refractivity contribution in [3.63, 3.8) is 0 Å². The van der Waals surface area contributed by atoms with Crippen molar-refractivity contribution in [1.82, 2.24) is 9.80 Å². The number of Topliss-reactive ketones (excluding diaryl/α,β-unsaturated/α-hetero) is 1. The van der Waals surface area contributed by atoms with Crippen LogP contribution in [0.2, 0.25) is 0 Å². The Morgan fingerprint density at radius 2 is 1.97 bits per heavy atom. The Bertz CT molecular complexity index is 851. The molecule has 1 spiro atoms. The highest BCUT2D eigenvalue weighted by Gasteiger charge is 2.57. The second-order valence-electron chi connectivity index (χ2n) is 14.4. The Morgan fingerprint density at radius 3 is 2.73 bits per heavy atom. The summed E-state index contributed by atoms with van der Waals surface area (Å²) in [5.74, 6) is 4.96. The summed E-state index contributed by atoms with van der Waals surface area (Å²) in [6, 6.07) is 0.584. The largest absolute Gasteiger partial charge is 0.369 e. The number of carbonyl (C=O) groups excluding carboxylic acids is 1.